The Labute approximate surface area is 185 Å². The van der Waals surface area contributed by atoms with Crippen LogP contribution in [0.25, 0.3) is 0 Å². The van der Waals surface area contributed by atoms with Crippen molar-refractivity contribution < 1.29 is 14.2 Å². The maximum atomic E-state index is 5.56. The van der Waals surface area contributed by atoms with Crippen LogP contribution in [0, 0.1) is 0 Å². The molecule has 1 atom stereocenters. The topological polar surface area (TPSA) is 67.4 Å². The molecule has 2 aromatic carbocycles. The molecule has 0 saturated carbocycles. The van der Waals surface area contributed by atoms with Crippen molar-refractivity contribution in [3.8, 4) is 11.5 Å². The number of guanidine groups is 1. The van der Waals surface area contributed by atoms with E-state index in [1.54, 1.807) is 14.2 Å². The molecule has 1 unspecified atom stereocenters. The van der Waals surface area contributed by atoms with Gasteiger partial charge in [-0.05, 0) is 42.3 Å². The number of hydrogen-bond donors (Lipinski definition) is 2. The van der Waals surface area contributed by atoms with E-state index in [9.17, 15) is 0 Å². The molecule has 2 aromatic rings. The number of nitrogens with one attached hydrogen (secondary N) is 2. The number of nitrogens with zero attached hydrogens (tertiary/aromatic N) is 2. The van der Waals surface area contributed by atoms with Crippen molar-refractivity contribution in [3.05, 3.63) is 59.7 Å². The van der Waals surface area contributed by atoms with Crippen LogP contribution < -0.4 is 20.1 Å². The van der Waals surface area contributed by atoms with E-state index in [4.69, 9.17) is 19.2 Å². The smallest absolute Gasteiger partial charge is 0.191 e. The van der Waals surface area contributed by atoms with Gasteiger partial charge >= 0.3 is 0 Å². The normalized spacial score (nSPS) is 15.9. The van der Waals surface area contributed by atoms with Gasteiger partial charge in [0.15, 0.2) is 5.96 Å². The van der Waals surface area contributed by atoms with Gasteiger partial charge in [-0.15, -0.1) is 0 Å². The number of aliphatic imine (C=N–C) groups is 1. The summed E-state index contributed by atoms with van der Waals surface area (Å²) in [6.45, 7) is 7.59. The lowest BCUT2D eigenvalue weighted by Crippen LogP contribution is -2.46. The highest BCUT2D eigenvalue weighted by molar-refractivity contribution is 5.79. The molecule has 2 N–H and O–H groups in total. The molecule has 7 heteroatoms. The van der Waals surface area contributed by atoms with Crippen LogP contribution in [0.2, 0.25) is 0 Å². The quantitative estimate of drug-likeness (QED) is 0.475. The van der Waals surface area contributed by atoms with E-state index in [0.29, 0.717) is 6.54 Å². The van der Waals surface area contributed by atoms with Crippen molar-refractivity contribution in [2.45, 2.75) is 19.5 Å². The summed E-state index contributed by atoms with van der Waals surface area (Å²) in [4.78, 5) is 7.23. The van der Waals surface area contributed by atoms with Crippen molar-refractivity contribution in [2.24, 2.45) is 4.99 Å². The SMILES string of the molecule is CCNC(=NCc1ccc(OC)cc1)NCC(c1ccc(OC)cc1)N1CCOCC1. The zero-order valence-corrected chi connectivity index (χ0v) is 18.8. The number of methoxy groups -OCH3 is 2. The van der Waals surface area contributed by atoms with Gasteiger partial charge in [-0.1, -0.05) is 24.3 Å². The highest BCUT2D eigenvalue weighted by Crippen LogP contribution is 2.23. The minimum Gasteiger partial charge on any atom is -0.497 e. The van der Waals surface area contributed by atoms with Crippen LogP contribution in [0.5, 0.6) is 11.5 Å². The van der Waals surface area contributed by atoms with Gasteiger partial charge in [0, 0.05) is 26.2 Å². The van der Waals surface area contributed by atoms with E-state index >= 15 is 0 Å². The van der Waals surface area contributed by atoms with Crippen LogP contribution in [0.3, 0.4) is 0 Å². The molecule has 0 spiro atoms. The summed E-state index contributed by atoms with van der Waals surface area (Å²) in [5.74, 6) is 2.53. The molecule has 0 radical (unpaired) electrons. The molecule has 31 heavy (non-hydrogen) atoms. The Hall–Kier alpha value is -2.77. The third-order valence-corrected chi connectivity index (χ3v) is 5.37. The largest absolute Gasteiger partial charge is 0.497 e. The predicted molar refractivity (Wildman–Crippen MR) is 124 cm³/mol. The number of benzene rings is 2. The minimum absolute atomic E-state index is 0.222. The maximum absolute atomic E-state index is 5.56. The van der Waals surface area contributed by atoms with Crippen LogP contribution in [-0.2, 0) is 11.3 Å². The van der Waals surface area contributed by atoms with Gasteiger partial charge in [-0.2, -0.15) is 0 Å². The second kappa shape index (κ2) is 12.2. The molecule has 0 bridgehead atoms. The standard InChI is InChI=1S/C24H34N4O3/c1-4-25-24(26-17-19-5-9-21(29-2)10-6-19)27-18-23(28-13-15-31-16-14-28)20-7-11-22(30-3)12-8-20/h5-12,23H,4,13-18H2,1-3H3,(H2,25,26,27). The predicted octanol–water partition coefficient (Wildman–Crippen LogP) is 2.83. The molecule has 0 aliphatic carbocycles. The molecule has 1 saturated heterocycles. The molecule has 1 aliphatic rings. The number of morpholine rings is 1. The van der Waals surface area contributed by atoms with Crippen molar-refractivity contribution in [2.75, 3.05) is 53.6 Å². The van der Waals surface area contributed by atoms with E-state index in [1.807, 2.05) is 36.4 Å². The number of hydrogen-bond acceptors (Lipinski definition) is 5. The number of rotatable bonds is 9. The zero-order valence-electron chi connectivity index (χ0n) is 18.8. The Morgan fingerprint density at radius 1 is 0.968 bits per heavy atom. The van der Waals surface area contributed by atoms with Gasteiger partial charge in [0.25, 0.3) is 0 Å². The highest BCUT2D eigenvalue weighted by atomic mass is 16.5. The lowest BCUT2D eigenvalue weighted by molar-refractivity contribution is 0.0170. The Bertz CT molecular complexity index is 803. The lowest BCUT2D eigenvalue weighted by atomic mass is 10.0. The third kappa shape index (κ3) is 6.87. The van der Waals surface area contributed by atoms with E-state index in [-0.39, 0.29) is 6.04 Å². The van der Waals surface area contributed by atoms with Gasteiger partial charge in [0.1, 0.15) is 11.5 Å². The number of ether oxygens (including phenoxy) is 3. The van der Waals surface area contributed by atoms with Crippen molar-refractivity contribution in [3.63, 3.8) is 0 Å². The summed E-state index contributed by atoms with van der Waals surface area (Å²) in [5, 5.41) is 6.89. The molecular weight excluding hydrogens is 392 g/mol. The first-order chi connectivity index (χ1) is 15.2. The van der Waals surface area contributed by atoms with Gasteiger partial charge in [0.05, 0.1) is 40.0 Å². The summed E-state index contributed by atoms with van der Waals surface area (Å²) < 4.78 is 16.1. The molecule has 3 rings (SSSR count). The Balaban J connectivity index is 1.69. The molecule has 168 valence electrons. The second-order valence-electron chi connectivity index (χ2n) is 7.36. The van der Waals surface area contributed by atoms with E-state index in [2.05, 4.69) is 34.6 Å². The second-order valence-corrected chi connectivity index (χ2v) is 7.36. The first kappa shape index (κ1) is 22.9. The van der Waals surface area contributed by atoms with E-state index in [1.165, 1.54) is 5.56 Å². The van der Waals surface area contributed by atoms with Crippen LogP contribution in [0.4, 0.5) is 0 Å². The molecule has 1 fully saturated rings. The monoisotopic (exact) mass is 426 g/mol. The third-order valence-electron chi connectivity index (χ3n) is 5.37. The maximum Gasteiger partial charge on any atom is 0.191 e. The fourth-order valence-corrected chi connectivity index (χ4v) is 3.61. The van der Waals surface area contributed by atoms with Crippen LogP contribution in [0.1, 0.15) is 24.1 Å². The summed E-state index contributed by atoms with van der Waals surface area (Å²) in [7, 11) is 3.37. The Morgan fingerprint density at radius 2 is 1.58 bits per heavy atom. The van der Waals surface area contributed by atoms with Crippen LogP contribution in [-0.4, -0.2) is 64.5 Å². The average Bonchev–Trinajstić information content (AvgIpc) is 2.84. The molecule has 0 amide bonds. The van der Waals surface area contributed by atoms with Crippen LogP contribution in [0.15, 0.2) is 53.5 Å². The Morgan fingerprint density at radius 3 is 2.16 bits per heavy atom. The van der Waals surface area contributed by atoms with Crippen molar-refractivity contribution >= 4 is 5.96 Å². The molecule has 1 aliphatic heterocycles. The summed E-state index contributed by atoms with van der Waals surface area (Å²) in [6.07, 6.45) is 0. The first-order valence-corrected chi connectivity index (χ1v) is 10.8. The summed E-state index contributed by atoms with van der Waals surface area (Å²) in [6, 6.07) is 16.5. The molecule has 0 aromatic heterocycles. The average molecular weight is 427 g/mol. The van der Waals surface area contributed by atoms with Crippen molar-refractivity contribution in [1.29, 1.82) is 0 Å². The van der Waals surface area contributed by atoms with Crippen molar-refractivity contribution in [1.82, 2.24) is 15.5 Å². The van der Waals surface area contributed by atoms with Gasteiger partial charge in [-0.3, -0.25) is 4.90 Å². The summed E-state index contributed by atoms with van der Waals surface area (Å²) >= 11 is 0. The summed E-state index contributed by atoms with van der Waals surface area (Å²) in [5.41, 5.74) is 2.39. The van der Waals surface area contributed by atoms with Gasteiger partial charge in [-0.25, -0.2) is 4.99 Å². The Kier molecular flexibility index (Phi) is 8.99. The molecule has 1 heterocycles. The molecule has 7 nitrogen and oxygen atoms in total. The zero-order chi connectivity index (χ0) is 21.9. The minimum atomic E-state index is 0.222. The fraction of sp³-hybridized carbons (Fsp3) is 0.458. The highest BCUT2D eigenvalue weighted by Gasteiger charge is 2.23. The van der Waals surface area contributed by atoms with Gasteiger partial charge < -0.3 is 24.8 Å². The molecular formula is C24H34N4O3. The lowest BCUT2D eigenvalue weighted by Gasteiger charge is -2.35. The van der Waals surface area contributed by atoms with E-state index < -0.39 is 0 Å². The van der Waals surface area contributed by atoms with Crippen LogP contribution >= 0.6 is 0 Å². The fourth-order valence-electron chi connectivity index (χ4n) is 3.61. The first-order valence-electron chi connectivity index (χ1n) is 10.8. The van der Waals surface area contributed by atoms with Gasteiger partial charge in [0.2, 0.25) is 0 Å². The van der Waals surface area contributed by atoms with E-state index in [0.717, 1.165) is 62.4 Å².